The van der Waals surface area contributed by atoms with E-state index in [1.54, 1.807) is 0 Å². The number of carbonyl (C=O) groups excluding carboxylic acids is 1. The van der Waals surface area contributed by atoms with Crippen LogP contribution in [0, 0.1) is 5.92 Å². The summed E-state index contributed by atoms with van der Waals surface area (Å²) in [4.78, 5) is 11.3. The minimum atomic E-state index is 0.207. The lowest BCUT2D eigenvalue weighted by Gasteiger charge is -2.24. The third kappa shape index (κ3) is 4.61. The van der Waals surface area contributed by atoms with E-state index in [0.717, 1.165) is 32.2 Å². The number of aliphatic hydroxyl groups excluding tert-OH is 1. The number of hydrogen-bond acceptors (Lipinski definition) is 2. The maximum atomic E-state index is 11.3. The summed E-state index contributed by atoms with van der Waals surface area (Å²) >= 11 is 0. The average Bonchev–Trinajstić information content (AvgIpc) is 2.11. The molecule has 2 N–H and O–H groups in total. The molecule has 0 aromatic rings. The molecule has 0 atom stereocenters. The number of amides is 1. The molecule has 1 fully saturated rings. The Bertz CT molecular complexity index is 167. The van der Waals surface area contributed by atoms with Crippen molar-refractivity contribution in [1.29, 1.82) is 0 Å². The van der Waals surface area contributed by atoms with Crippen LogP contribution in [0.5, 0.6) is 0 Å². The third-order valence-electron chi connectivity index (χ3n) is 2.86. The first-order valence-electron chi connectivity index (χ1n) is 5.70. The van der Waals surface area contributed by atoms with E-state index in [1.807, 2.05) is 0 Å². The minimum absolute atomic E-state index is 0.207. The fraction of sp³-hybridized carbons (Fsp3) is 0.909. The Morgan fingerprint density at radius 3 is 2.64 bits per heavy atom. The van der Waals surface area contributed by atoms with Gasteiger partial charge in [0.05, 0.1) is 0 Å². The van der Waals surface area contributed by atoms with Crippen LogP contribution < -0.4 is 5.32 Å². The first kappa shape index (κ1) is 11.5. The van der Waals surface area contributed by atoms with E-state index in [2.05, 4.69) is 5.32 Å². The van der Waals surface area contributed by atoms with Gasteiger partial charge >= 0.3 is 0 Å². The van der Waals surface area contributed by atoms with E-state index < -0.39 is 0 Å². The summed E-state index contributed by atoms with van der Waals surface area (Å²) < 4.78 is 0. The van der Waals surface area contributed by atoms with Crippen LogP contribution in [0.15, 0.2) is 0 Å². The summed E-state index contributed by atoms with van der Waals surface area (Å²) in [6.45, 7) is 1.03. The molecule has 0 heterocycles. The van der Waals surface area contributed by atoms with Crippen molar-refractivity contribution in [2.75, 3.05) is 13.2 Å². The molecule has 0 unspecified atom stereocenters. The Morgan fingerprint density at radius 1 is 1.29 bits per heavy atom. The standard InChI is InChI=1S/C11H21NO2/c13-8-3-1-2-7-12-11(14)9-10-5-4-6-10/h10,13H,1-9H2,(H,12,14). The molecule has 1 amide bonds. The van der Waals surface area contributed by atoms with E-state index in [4.69, 9.17) is 5.11 Å². The maximum absolute atomic E-state index is 11.3. The van der Waals surface area contributed by atoms with Crippen LogP contribution in [0.1, 0.15) is 44.9 Å². The molecule has 0 radical (unpaired) electrons. The summed E-state index contributed by atoms with van der Waals surface area (Å²) in [5.41, 5.74) is 0. The number of unbranched alkanes of at least 4 members (excludes halogenated alkanes) is 2. The highest BCUT2D eigenvalue weighted by molar-refractivity contribution is 5.76. The maximum Gasteiger partial charge on any atom is 0.220 e. The zero-order valence-electron chi connectivity index (χ0n) is 8.80. The van der Waals surface area contributed by atoms with E-state index in [-0.39, 0.29) is 12.5 Å². The fourth-order valence-corrected chi connectivity index (χ4v) is 1.67. The second-order valence-electron chi connectivity index (χ2n) is 4.14. The molecular weight excluding hydrogens is 178 g/mol. The Balaban J connectivity index is 1.87. The van der Waals surface area contributed by atoms with Gasteiger partial charge in [0.2, 0.25) is 5.91 Å². The van der Waals surface area contributed by atoms with Gasteiger partial charge in [-0.1, -0.05) is 6.42 Å². The quantitative estimate of drug-likeness (QED) is 0.610. The van der Waals surface area contributed by atoms with Crippen molar-refractivity contribution in [2.45, 2.75) is 44.9 Å². The van der Waals surface area contributed by atoms with Gasteiger partial charge in [-0.15, -0.1) is 0 Å². The van der Waals surface area contributed by atoms with Gasteiger partial charge in [-0.2, -0.15) is 0 Å². The van der Waals surface area contributed by atoms with Gasteiger partial charge in [0, 0.05) is 19.6 Å². The van der Waals surface area contributed by atoms with Crippen LogP contribution in [0.2, 0.25) is 0 Å². The fourth-order valence-electron chi connectivity index (χ4n) is 1.67. The number of aliphatic hydroxyl groups is 1. The number of carbonyl (C=O) groups is 1. The zero-order chi connectivity index (χ0) is 10.2. The summed E-state index contributed by atoms with van der Waals surface area (Å²) in [7, 11) is 0. The van der Waals surface area contributed by atoms with Crippen LogP contribution in [0.25, 0.3) is 0 Å². The Hall–Kier alpha value is -0.570. The van der Waals surface area contributed by atoms with Crippen molar-refractivity contribution < 1.29 is 9.90 Å². The summed E-state index contributed by atoms with van der Waals surface area (Å²) in [6.07, 6.45) is 7.32. The molecule has 3 heteroatoms. The van der Waals surface area contributed by atoms with Crippen molar-refractivity contribution in [2.24, 2.45) is 5.92 Å². The van der Waals surface area contributed by atoms with Gasteiger partial charge in [0.15, 0.2) is 0 Å². The van der Waals surface area contributed by atoms with Crippen molar-refractivity contribution >= 4 is 5.91 Å². The predicted molar refractivity (Wildman–Crippen MR) is 55.9 cm³/mol. The van der Waals surface area contributed by atoms with Gasteiger partial charge in [-0.25, -0.2) is 0 Å². The first-order chi connectivity index (χ1) is 6.83. The van der Waals surface area contributed by atoms with E-state index in [1.165, 1.54) is 19.3 Å². The monoisotopic (exact) mass is 199 g/mol. The first-order valence-corrected chi connectivity index (χ1v) is 5.70. The van der Waals surface area contributed by atoms with Crippen molar-refractivity contribution in [3.8, 4) is 0 Å². The van der Waals surface area contributed by atoms with Crippen LogP contribution >= 0.6 is 0 Å². The van der Waals surface area contributed by atoms with E-state index in [0.29, 0.717) is 5.92 Å². The van der Waals surface area contributed by atoms with Crippen molar-refractivity contribution in [3.05, 3.63) is 0 Å². The highest BCUT2D eigenvalue weighted by Gasteiger charge is 2.19. The van der Waals surface area contributed by atoms with Gasteiger partial charge in [-0.05, 0) is 38.0 Å². The number of nitrogens with one attached hydrogen (secondary N) is 1. The van der Waals surface area contributed by atoms with Gasteiger partial charge in [0.25, 0.3) is 0 Å². The molecule has 14 heavy (non-hydrogen) atoms. The molecule has 1 rings (SSSR count). The van der Waals surface area contributed by atoms with Crippen molar-refractivity contribution in [3.63, 3.8) is 0 Å². The molecule has 1 saturated carbocycles. The van der Waals surface area contributed by atoms with Gasteiger partial charge < -0.3 is 10.4 Å². The second-order valence-corrected chi connectivity index (χ2v) is 4.14. The topological polar surface area (TPSA) is 49.3 Å². The lowest BCUT2D eigenvalue weighted by molar-refractivity contribution is -0.122. The average molecular weight is 199 g/mol. The molecule has 0 spiro atoms. The zero-order valence-corrected chi connectivity index (χ0v) is 8.80. The lowest BCUT2D eigenvalue weighted by Crippen LogP contribution is -2.28. The minimum Gasteiger partial charge on any atom is -0.396 e. The summed E-state index contributed by atoms with van der Waals surface area (Å²) in [6, 6.07) is 0. The van der Waals surface area contributed by atoms with Crippen molar-refractivity contribution in [1.82, 2.24) is 5.32 Å². The van der Waals surface area contributed by atoms with Crippen LogP contribution in [-0.4, -0.2) is 24.2 Å². The van der Waals surface area contributed by atoms with Crippen LogP contribution in [-0.2, 0) is 4.79 Å². The largest absolute Gasteiger partial charge is 0.396 e. The van der Waals surface area contributed by atoms with E-state index >= 15 is 0 Å². The second kappa shape index (κ2) is 6.82. The molecule has 1 aliphatic carbocycles. The highest BCUT2D eigenvalue weighted by Crippen LogP contribution is 2.28. The molecule has 0 aliphatic heterocycles. The molecule has 0 aromatic heterocycles. The normalized spacial score (nSPS) is 16.4. The molecule has 0 saturated heterocycles. The highest BCUT2D eigenvalue weighted by atomic mass is 16.2. The Morgan fingerprint density at radius 2 is 2.07 bits per heavy atom. The molecule has 82 valence electrons. The van der Waals surface area contributed by atoms with Gasteiger partial charge in [-0.3, -0.25) is 4.79 Å². The number of hydrogen-bond donors (Lipinski definition) is 2. The van der Waals surface area contributed by atoms with E-state index in [9.17, 15) is 4.79 Å². The molecular formula is C11H21NO2. The molecule has 0 bridgehead atoms. The van der Waals surface area contributed by atoms with Crippen LogP contribution in [0.3, 0.4) is 0 Å². The Kier molecular flexibility index (Phi) is 5.60. The third-order valence-corrected chi connectivity index (χ3v) is 2.86. The summed E-state index contributed by atoms with van der Waals surface area (Å²) in [5.74, 6) is 0.867. The smallest absolute Gasteiger partial charge is 0.220 e. The predicted octanol–water partition coefficient (Wildman–Crippen LogP) is 1.46. The number of rotatable bonds is 7. The lowest BCUT2D eigenvalue weighted by atomic mass is 9.83. The molecule has 1 aliphatic rings. The van der Waals surface area contributed by atoms with Gasteiger partial charge in [0.1, 0.15) is 0 Å². The SMILES string of the molecule is O=C(CC1CCC1)NCCCCCO. The van der Waals surface area contributed by atoms with Crippen LogP contribution in [0.4, 0.5) is 0 Å². The molecule has 0 aromatic carbocycles. The summed E-state index contributed by atoms with van der Waals surface area (Å²) in [5, 5.41) is 11.5. The molecule has 3 nitrogen and oxygen atoms in total. The Labute approximate surface area is 85.9 Å².